The van der Waals surface area contributed by atoms with Gasteiger partial charge < -0.3 is 24.5 Å². The van der Waals surface area contributed by atoms with E-state index in [-0.39, 0.29) is 23.6 Å². The Morgan fingerprint density at radius 3 is 2.68 bits per heavy atom. The lowest BCUT2D eigenvalue weighted by atomic mass is 9.96. The first kappa shape index (κ1) is 21.5. The van der Waals surface area contributed by atoms with Crippen LogP contribution in [0.3, 0.4) is 0 Å². The number of amides is 2. The Balaban J connectivity index is 1.41. The molecule has 31 heavy (non-hydrogen) atoms. The van der Waals surface area contributed by atoms with Crippen molar-refractivity contribution in [3.05, 3.63) is 53.5 Å². The van der Waals surface area contributed by atoms with Gasteiger partial charge in [0, 0.05) is 49.5 Å². The van der Waals surface area contributed by atoms with Crippen LogP contribution in [-0.4, -0.2) is 68.8 Å². The second-order valence-electron chi connectivity index (χ2n) is 8.01. The van der Waals surface area contributed by atoms with E-state index in [0.717, 1.165) is 38.3 Å². The smallest absolute Gasteiger partial charge is 0.291 e. The molecular weight excluding hydrogens is 398 g/mol. The highest BCUT2D eigenvalue weighted by molar-refractivity contribution is 6.03. The zero-order valence-electron chi connectivity index (χ0n) is 17.8. The van der Waals surface area contributed by atoms with E-state index in [4.69, 9.17) is 13.9 Å². The van der Waals surface area contributed by atoms with Gasteiger partial charge in [-0.3, -0.25) is 14.5 Å². The van der Waals surface area contributed by atoms with E-state index in [0.29, 0.717) is 36.9 Å². The van der Waals surface area contributed by atoms with E-state index >= 15 is 0 Å². The van der Waals surface area contributed by atoms with Gasteiger partial charge in [0.15, 0.2) is 5.76 Å². The van der Waals surface area contributed by atoms with Crippen molar-refractivity contribution in [3.8, 4) is 0 Å². The van der Waals surface area contributed by atoms with Gasteiger partial charge in [0.05, 0.1) is 26.1 Å². The number of anilines is 1. The van der Waals surface area contributed by atoms with E-state index in [1.54, 1.807) is 24.3 Å². The van der Waals surface area contributed by atoms with Gasteiger partial charge in [0.1, 0.15) is 0 Å². The van der Waals surface area contributed by atoms with Gasteiger partial charge in [-0.1, -0.05) is 6.07 Å². The molecule has 2 aromatic rings. The van der Waals surface area contributed by atoms with Crippen molar-refractivity contribution in [3.63, 3.8) is 0 Å². The van der Waals surface area contributed by atoms with E-state index in [1.165, 1.54) is 6.26 Å². The summed E-state index contributed by atoms with van der Waals surface area (Å²) >= 11 is 0. The zero-order chi connectivity index (χ0) is 21.6. The number of carbonyl (C=O) groups excluding carboxylic acids is 2. The van der Waals surface area contributed by atoms with Gasteiger partial charge in [-0.05, 0) is 43.2 Å². The van der Waals surface area contributed by atoms with Crippen molar-refractivity contribution in [2.75, 3.05) is 51.4 Å². The third-order valence-corrected chi connectivity index (χ3v) is 5.99. The van der Waals surface area contributed by atoms with Gasteiger partial charge in [0.25, 0.3) is 11.8 Å². The summed E-state index contributed by atoms with van der Waals surface area (Å²) in [6, 6.07) is 8.78. The van der Waals surface area contributed by atoms with Crippen LogP contribution in [-0.2, 0) is 9.47 Å². The summed E-state index contributed by atoms with van der Waals surface area (Å²) in [5, 5.41) is 5.91. The molecule has 1 aromatic carbocycles. The Morgan fingerprint density at radius 2 is 1.97 bits per heavy atom. The molecule has 1 aromatic heterocycles. The summed E-state index contributed by atoms with van der Waals surface area (Å²) in [6.07, 6.45) is 2.46. The molecule has 2 atom stereocenters. The topological polar surface area (TPSA) is 93.0 Å². The molecule has 2 unspecified atom stereocenters. The Labute approximate surface area is 181 Å². The predicted molar refractivity (Wildman–Crippen MR) is 115 cm³/mol. The fraction of sp³-hybridized carbons (Fsp3) is 0.478. The SMILES string of the molecule is Cc1ccc(C(=O)NCC(C2CCOC2)N2CCOCC2)cc1NC(=O)c1ccco1. The van der Waals surface area contributed by atoms with Crippen molar-refractivity contribution >= 4 is 17.5 Å². The summed E-state index contributed by atoms with van der Waals surface area (Å²) in [7, 11) is 0. The number of morpholine rings is 1. The first-order chi connectivity index (χ1) is 15.1. The second kappa shape index (κ2) is 10.1. The maximum Gasteiger partial charge on any atom is 0.291 e. The predicted octanol–water partition coefficient (Wildman–Crippen LogP) is 2.31. The van der Waals surface area contributed by atoms with Crippen molar-refractivity contribution in [1.29, 1.82) is 0 Å². The number of nitrogens with one attached hydrogen (secondary N) is 2. The minimum atomic E-state index is -0.348. The first-order valence-electron chi connectivity index (χ1n) is 10.7. The van der Waals surface area contributed by atoms with Gasteiger partial charge >= 0.3 is 0 Å². The molecule has 0 saturated carbocycles. The average molecular weight is 428 g/mol. The maximum atomic E-state index is 12.9. The van der Waals surface area contributed by atoms with Crippen molar-refractivity contribution in [2.45, 2.75) is 19.4 Å². The summed E-state index contributed by atoms with van der Waals surface area (Å²) in [5.41, 5.74) is 1.96. The molecule has 2 aliphatic rings. The molecule has 2 saturated heterocycles. The number of hydrogen-bond donors (Lipinski definition) is 2. The average Bonchev–Trinajstić information content (AvgIpc) is 3.51. The van der Waals surface area contributed by atoms with E-state index in [1.807, 2.05) is 13.0 Å². The van der Waals surface area contributed by atoms with Crippen molar-refractivity contribution in [2.24, 2.45) is 5.92 Å². The number of aryl methyl sites for hydroxylation is 1. The molecule has 3 heterocycles. The summed E-state index contributed by atoms with van der Waals surface area (Å²) in [4.78, 5) is 27.6. The molecule has 0 aliphatic carbocycles. The van der Waals surface area contributed by atoms with Gasteiger partial charge in [-0.2, -0.15) is 0 Å². The molecule has 2 aliphatic heterocycles. The van der Waals surface area contributed by atoms with E-state index < -0.39 is 0 Å². The van der Waals surface area contributed by atoms with Crippen LogP contribution in [0.2, 0.25) is 0 Å². The van der Waals surface area contributed by atoms with Crippen LogP contribution in [0.1, 0.15) is 32.9 Å². The molecule has 0 spiro atoms. The van der Waals surface area contributed by atoms with E-state index in [9.17, 15) is 9.59 Å². The van der Waals surface area contributed by atoms with Gasteiger partial charge in [-0.15, -0.1) is 0 Å². The van der Waals surface area contributed by atoms with Crippen LogP contribution in [0.25, 0.3) is 0 Å². The van der Waals surface area contributed by atoms with Crippen LogP contribution in [0.5, 0.6) is 0 Å². The maximum absolute atomic E-state index is 12.9. The Kier molecular flexibility index (Phi) is 7.01. The third kappa shape index (κ3) is 5.33. The van der Waals surface area contributed by atoms with Gasteiger partial charge in [0.2, 0.25) is 0 Å². The van der Waals surface area contributed by atoms with Crippen LogP contribution in [0.4, 0.5) is 5.69 Å². The van der Waals surface area contributed by atoms with Crippen molar-refractivity contribution in [1.82, 2.24) is 10.2 Å². The lowest BCUT2D eigenvalue weighted by molar-refractivity contribution is 0.00166. The minimum absolute atomic E-state index is 0.161. The zero-order valence-corrected chi connectivity index (χ0v) is 17.8. The lowest BCUT2D eigenvalue weighted by Gasteiger charge is -2.37. The minimum Gasteiger partial charge on any atom is -0.459 e. The molecule has 4 rings (SSSR count). The molecular formula is C23H29N3O5. The number of furan rings is 1. The summed E-state index contributed by atoms with van der Waals surface area (Å²) in [5.74, 6) is 0.117. The highest BCUT2D eigenvalue weighted by Crippen LogP contribution is 2.22. The van der Waals surface area contributed by atoms with Crippen LogP contribution in [0, 0.1) is 12.8 Å². The summed E-state index contributed by atoms with van der Waals surface area (Å²) in [6.45, 7) is 7.10. The number of ether oxygens (including phenoxy) is 2. The molecule has 166 valence electrons. The molecule has 8 nitrogen and oxygen atoms in total. The molecule has 2 amide bonds. The summed E-state index contributed by atoms with van der Waals surface area (Å²) < 4.78 is 16.2. The number of hydrogen-bond acceptors (Lipinski definition) is 6. The fourth-order valence-electron chi connectivity index (χ4n) is 4.15. The molecule has 0 bridgehead atoms. The Morgan fingerprint density at radius 1 is 1.13 bits per heavy atom. The Bertz CT molecular complexity index is 887. The van der Waals surface area contributed by atoms with Gasteiger partial charge in [-0.25, -0.2) is 0 Å². The molecule has 2 N–H and O–H groups in total. The van der Waals surface area contributed by atoms with Crippen LogP contribution >= 0.6 is 0 Å². The molecule has 0 radical (unpaired) electrons. The number of benzene rings is 1. The van der Waals surface area contributed by atoms with Crippen LogP contribution < -0.4 is 10.6 Å². The standard InChI is InChI=1S/C23H29N3O5/c1-16-4-5-17(13-19(16)25-23(28)21-3-2-9-31-21)22(27)24-14-20(18-6-10-30-15-18)26-7-11-29-12-8-26/h2-5,9,13,18,20H,6-8,10-12,14-15H2,1H3,(H,24,27)(H,25,28). The van der Waals surface area contributed by atoms with Crippen molar-refractivity contribution < 1.29 is 23.5 Å². The molecule has 2 fully saturated rings. The highest BCUT2D eigenvalue weighted by Gasteiger charge is 2.31. The van der Waals surface area contributed by atoms with Crippen LogP contribution in [0.15, 0.2) is 41.0 Å². The number of nitrogens with zero attached hydrogens (tertiary/aromatic N) is 1. The quantitative estimate of drug-likeness (QED) is 0.705. The normalized spacial score (nSPS) is 20.4. The largest absolute Gasteiger partial charge is 0.459 e. The second-order valence-corrected chi connectivity index (χ2v) is 8.01. The number of carbonyl (C=O) groups is 2. The van der Waals surface area contributed by atoms with E-state index in [2.05, 4.69) is 15.5 Å². The Hall–Kier alpha value is -2.68. The highest BCUT2D eigenvalue weighted by atomic mass is 16.5. The lowest BCUT2D eigenvalue weighted by Crippen LogP contribution is -2.52. The monoisotopic (exact) mass is 427 g/mol. The molecule has 8 heteroatoms. The third-order valence-electron chi connectivity index (χ3n) is 5.99. The number of rotatable bonds is 7. The fourth-order valence-corrected chi connectivity index (χ4v) is 4.15. The first-order valence-corrected chi connectivity index (χ1v) is 10.7.